The van der Waals surface area contributed by atoms with Gasteiger partial charge in [0.05, 0.1) is 5.52 Å². The van der Waals surface area contributed by atoms with Crippen molar-refractivity contribution in [2.45, 2.75) is 0 Å². The Bertz CT molecular complexity index is 593. The second-order valence-electron chi connectivity index (χ2n) is 3.43. The van der Waals surface area contributed by atoms with E-state index in [0.717, 1.165) is 16.9 Å². The number of anilines is 1. The highest BCUT2D eigenvalue weighted by atomic mass is 15.0. The average Bonchev–Trinajstić information content (AvgIpc) is 2.73. The highest BCUT2D eigenvalue weighted by Crippen LogP contribution is 2.18. The van der Waals surface area contributed by atoms with Gasteiger partial charge in [-0.05, 0) is 24.3 Å². The molecule has 3 N–H and O–H groups in total. The van der Waals surface area contributed by atoms with Gasteiger partial charge in [-0.3, -0.25) is 0 Å². The van der Waals surface area contributed by atoms with Crippen molar-refractivity contribution in [1.29, 1.82) is 0 Å². The third-order valence-electron chi connectivity index (χ3n) is 2.32. The molecule has 0 unspecified atom stereocenters. The van der Waals surface area contributed by atoms with Crippen LogP contribution in [-0.2, 0) is 0 Å². The van der Waals surface area contributed by atoms with Crippen LogP contribution >= 0.6 is 0 Å². The lowest BCUT2D eigenvalue weighted by Crippen LogP contribution is -1.89. The van der Waals surface area contributed by atoms with E-state index < -0.39 is 0 Å². The second-order valence-corrected chi connectivity index (χ2v) is 3.43. The van der Waals surface area contributed by atoms with E-state index in [4.69, 9.17) is 5.73 Å². The number of nitrogens with zero attached hydrogens (tertiary/aromatic N) is 3. The summed E-state index contributed by atoms with van der Waals surface area (Å²) in [6.45, 7) is 0. The van der Waals surface area contributed by atoms with Gasteiger partial charge in [0, 0.05) is 18.0 Å². The van der Waals surface area contributed by atoms with Crippen molar-refractivity contribution in [3.63, 3.8) is 0 Å². The van der Waals surface area contributed by atoms with Gasteiger partial charge < -0.3 is 10.7 Å². The van der Waals surface area contributed by atoms with Gasteiger partial charge in [0.2, 0.25) is 0 Å². The summed E-state index contributed by atoms with van der Waals surface area (Å²) in [4.78, 5) is 15.7. The zero-order valence-electron chi connectivity index (χ0n) is 8.38. The molecule has 0 aliphatic rings. The van der Waals surface area contributed by atoms with Crippen molar-refractivity contribution >= 4 is 17.0 Å². The van der Waals surface area contributed by atoms with E-state index in [0.29, 0.717) is 11.5 Å². The van der Waals surface area contributed by atoms with Crippen molar-refractivity contribution in [1.82, 2.24) is 19.9 Å². The molecule has 5 nitrogen and oxygen atoms in total. The molecule has 3 aromatic heterocycles. The monoisotopic (exact) mass is 211 g/mol. The van der Waals surface area contributed by atoms with Crippen LogP contribution in [0.3, 0.4) is 0 Å². The molecule has 0 spiro atoms. The van der Waals surface area contributed by atoms with E-state index in [1.54, 1.807) is 18.5 Å². The molecule has 0 bridgehead atoms. The summed E-state index contributed by atoms with van der Waals surface area (Å²) in [5.41, 5.74) is 8.04. The Balaban J connectivity index is 2.15. The van der Waals surface area contributed by atoms with Crippen LogP contribution in [-0.4, -0.2) is 19.9 Å². The third kappa shape index (κ3) is 1.38. The first-order valence-electron chi connectivity index (χ1n) is 4.85. The van der Waals surface area contributed by atoms with Crippen molar-refractivity contribution in [2.75, 3.05) is 5.73 Å². The maximum absolute atomic E-state index is 5.53. The standard InChI is InChI=1S/C11H9N5/c12-9-4-3-7(6-14-9)10-15-8-2-1-5-13-11(8)16-10/h1-6H,(H2,12,14)(H,13,15,16). The zero-order valence-corrected chi connectivity index (χ0v) is 8.38. The molecule has 16 heavy (non-hydrogen) atoms. The number of nitrogens with two attached hydrogens (primary N) is 1. The van der Waals surface area contributed by atoms with Gasteiger partial charge >= 0.3 is 0 Å². The first kappa shape index (κ1) is 8.84. The average molecular weight is 211 g/mol. The SMILES string of the molecule is Nc1ccc(-c2nc3ncccc3[nH]2)cn1. The molecule has 0 aliphatic carbocycles. The molecular formula is C11H9N5. The smallest absolute Gasteiger partial charge is 0.178 e. The minimum atomic E-state index is 0.498. The fourth-order valence-corrected chi connectivity index (χ4v) is 1.53. The number of rotatable bonds is 1. The second kappa shape index (κ2) is 3.30. The van der Waals surface area contributed by atoms with E-state index in [1.165, 1.54) is 0 Å². The van der Waals surface area contributed by atoms with E-state index >= 15 is 0 Å². The fraction of sp³-hybridized carbons (Fsp3) is 0. The highest BCUT2D eigenvalue weighted by molar-refractivity contribution is 5.75. The number of hydrogen-bond acceptors (Lipinski definition) is 4. The van der Waals surface area contributed by atoms with Gasteiger partial charge in [0.25, 0.3) is 0 Å². The number of nitrogen functional groups attached to an aromatic ring is 1. The molecule has 3 rings (SSSR count). The lowest BCUT2D eigenvalue weighted by Gasteiger charge is -1.95. The van der Waals surface area contributed by atoms with Gasteiger partial charge in [-0.2, -0.15) is 0 Å². The number of pyridine rings is 2. The third-order valence-corrected chi connectivity index (χ3v) is 2.32. The molecule has 3 heterocycles. The quantitative estimate of drug-likeness (QED) is 0.640. The van der Waals surface area contributed by atoms with Crippen LogP contribution in [0.15, 0.2) is 36.7 Å². The summed E-state index contributed by atoms with van der Waals surface area (Å²) in [6, 6.07) is 7.42. The van der Waals surface area contributed by atoms with Crippen LogP contribution < -0.4 is 5.73 Å². The minimum absolute atomic E-state index is 0.498. The Hall–Kier alpha value is -2.43. The predicted octanol–water partition coefficient (Wildman–Crippen LogP) is 1.60. The molecule has 0 saturated carbocycles. The Morgan fingerprint density at radius 2 is 2.06 bits per heavy atom. The van der Waals surface area contributed by atoms with Crippen molar-refractivity contribution in [3.05, 3.63) is 36.7 Å². The van der Waals surface area contributed by atoms with Crippen molar-refractivity contribution in [2.24, 2.45) is 0 Å². The molecule has 0 saturated heterocycles. The first-order chi connectivity index (χ1) is 7.83. The summed E-state index contributed by atoms with van der Waals surface area (Å²) in [5.74, 6) is 1.25. The van der Waals surface area contributed by atoms with E-state index in [1.807, 2.05) is 18.2 Å². The van der Waals surface area contributed by atoms with Crippen LogP contribution in [0.1, 0.15) is 0 Å². The maximum atomic E-state index is 5.53. The zero-order chi connectivity index (χ0) is 11.0. The van der Waals surface area contributed by atoms with Crippen LogP contribution in [0.4, 0.5) is 5.82 Å². The van der Waals surface area contributed by atoms with Crippen molar-refractivity contribution < 1.29 is 0 Å². The topological polar surface area (TPSA) is 80.5 Å². The number of aromatic amines is 1. The number of imidazole rings is 1. The van der Waals surface area contributed by atoms with E-state index in [2.05, 4.69) is 19.9 Å². The van der Waals surface area contributed by atoms with Gasteiger partial charge in [-0.25, -0.2) is 15.0 Å². The maximum Gasteiger partial charge on any atom is 0.178 e. The number of H-pyrrole nitrogens is 1. The highest BCUT2D eigenvalue weighted by Gasteiger charge is 2.05. The van der Waals surface area contributed by atoms with E-state index in [-0.39, 0.29) is 0 Å². The Kier molecular flexibility index (Phi) is 1.83. The van der Waals surface area contributed by atoms with Gasteiger partial charge in [-0.1, -0.05) is 0 Å². The number of aromatic nitrogens is 4. The first-order valence-corrected chi connectivity index (χ1v) is 4.85. The summed E-state index contributed by atoms with van der Waals surface area (Å²) in [6.07, 6.45) is 3.40. The van der Waals surface area contributed by atoms with Gasteiger partial charge in [0.1, 0.15) is 11.6 Å². The van der Waals surface area contributed by atoms with Gasteiger partial charge in [-0.15, -0.1) is 0 Å². The molecule has 78 valence electrons. The normalized spacial score (nSPS) is 10.8. The lowest BCUT2D eigenvalue weighted by atomic mass is 10.3. The molecule has 0 fully saturated rings. The van der Waals surface area contributed by atoms with Crippen LogP contribution in [0.2, 0.25) is 0 Å². The molecule has 0 atom stereocenters. The lowest BCUT2D eigenvalue weighted by molar-refractivity contribution is 1.27. The Labute approximate surface area is 91.4 Å². The number of nitrogens with one attached hydrogen (secondary N) is 1. The molecule has 0 amide bonds. The molecule has 5 heteroatoms. The minimum Gasteiger partial charge on any atom is -0.384 e. The number of fused-ring (bicyclic) bond motifs is 1. The molecule has 0 aliphatic heterocycles. The van der Waals surface area contributed by atoms with Crippen LogP contribution in [0, 0.1) is 0 Å². The van der Waals surface area contributed by atoms with Crippen LogP contribution in [0.5, 0.6) is 0 Å². The Morgan fingerprint density at radius 1 is 1.12 bits per heavy atom. The fourth-order valence-electron chi connectivity index (χ4n) is 1.53. The molecule has 3 aromatic rings. The summed E-state index contributed by atoms with van der Waals surface area (Å²) < 4.78 is 0. The predicted molar refractivity (Wildman–Crippen MR) is 61.5 cm³/mol. The van der Waals surface area contributed by atoms with Crippen LogP contribution in [0.25, 0.3) is 22.6 Å². The summed E-state index contributed by atoms with van der Waals surface area (Å²) in [5, 5.41) is 0. The summed E-state index contributed by atoms with van der Waals surface area (Å²) in [7, 11) is 0. The van der Waals surface area contributed by atoms with Gasteiger partial charge in [0.15, 0.2) is 5.65 Å². The molecule has 0 radical (unpaired) electrons. The molecule has 0 aromatic carbocycles. The largest absolute Gasteiger partial charge is 0.384 e. The number of hydrogen-bond donors (Lipinski definition) is 2. The summed E-state index contributed by atoms with van der Waals surface area (Å²) >= 11 is 0. The Morgan fingerprint density at radius 3 is 2.81 bits per heavy atom. The van der Waals surface area contributed by atoms with Crippen molar-refractivity contribution in [3.8, 4) is 11.4 Å². The molecular weight excluding hydrogens is 202 g/mol. The van der Waals surface area contributed by atoms with E-state index in [9.17, 15) is 0 Å².